The number of nitrogens with one attached hydrogen (secondary N) is 1. The Morgan fingerprint density at radius 3 is 2.40 bits per heavy atom. The van der Waals surface area contributed by atoms with E-state index in [1.807, 2.05) is 36.9 Å². The first-order valence-electron chi connectivity index (χ1n) is 14.6. The van der Waals surface area contributed by atoms with Gasteiger partial charge in [-0.15, -0.1) is 0 Å². The Kier molecular flexibility index (Phi) is 8.57. The highest BCUT2D eigenvalue weighted by molar-refractivity contribution is 7.92. The number of hydrogen-bond acceptors (Lipinski definition) is 7. The van der Waals surface area contributed by atoms with Crippen molar-refractivity contribution in [2.45, 2.75) is 63.9 Å². The summed E-state index contributed by atoms with van der Waals surface area (Å²) < 4.78 is 36.0. The van der Waals surface area contributed by atoms with Crippen LogP contribution in [0.1, 0.15) is 54.6 Å². The number of anilines is 1. The number of aryl methyl sites for hydroxylation is 2. The number of carbonyl (C=O) groups is 1. The van der Waals surface area contributed by atoms with E-state index in [-0.39, 0.29) is 41.3 Å². The SMILES string of the molecule is Cc1cccc(C)c1-c1cc2nc(n1)NS(=O)(=O)c1cccc(c1)C(=O)N(C1CC(CN(C)C)C1)[C@H](CC(C)C)CO2. The molecule has 42 heavy (non-hydrogen) atoms. The molecule has 4 bridgehead atoms. The van der Waals surface area contributed by atoms with Crippen LogP contribution in [0, 0.1) is 25.7 Å². The molecule has 9 nitrogen and oxygen atoms in total. The summed E-state index contributed by atoms with van der Waals surface area (Å²) in [4.78, 5) is 27.4. The smallest absolute Gasteiger partial charge is 0.264 e. The Hall–Kier alpha value is -3.50. The second-order valence-corrected chi connectivity index (χ2v) is 14.1. The van der Waals surface area contributed by atoms with E-state index < -0.39 is 10.0 Å². The van der Waals surface area contributed by atoms with Crippen LogP contribution in [0.2, 0.25) is 0 Å². The van der Waals surface area contributed by atoms with Crippen LogP contribution in [-0.4, -0.2) is 73.4 Å². The lowest BCUT2D eigenvalue weighted by molar-refractivity contribution is 0.0107. The van der Waals surface area contributed by atoms with E-state index in [9.17, 15) is 13.2 Å². The quantitative estimate of drug-likeness (QED) is 0.423. The van der Waals surface area contributed by atoms with E-state index >= 15 is 0 Å². The average molecular weight is 592 g/mol. The molecular formula is C32H41N5O4S. The van der Waals surface area contributed by atoms with E-state index in [1.54, 1.807) is 18.2 Å². The number of aromatic nitrogens is 2. The molecule has 5 rings (SSSR count). The van der Waals surface area contributed by atoms with Crippen molar-refractivity contribution in [3.8, 4) is 17.1 Å². The zero-order valence-corrected chi connectivity index (χ0v) is 26.1. The van der Waals surface area contributed by atoms with Crippen LogP contribution in [0.15, 0.2) is 53.4 Å². The Morgan fingerprint density at radius 1 is 1.05 bits per heavy atom. The average Bonchev–Trinajstić information content (AvgIpc) is 2.89. The monoisotopic (exact) mass is 591 g/mol. The Morgan fingerprint density at radius 2 is 1.74 bits per heavy atom. The fourth-order valence-corrected chi connectivity index (χ4v) is 7.22. The molecule has 1 fully saturated rings. The molecule has 1 saturated carbocycles. The van der Waals surface area contributed by atoms with Crippen LogP contribution in [0.3, 0.4) is 0 Å². The number of ether oxygens (including phenoxy) is 1. The molecule has 1 amide bonds. The van der Waals surface area contributed by atoms with Gasteiger partial charge in [0.1, 0.15) is 6.61 Å². The lowest BCUT2D eigenvalue weighted by Gasteiger charge is -2.47. The van der Waals surface area contributed by atoms with Gasteiger partial charge in [0.25, 0.3) is 15.9 Å². The van der Waals surface area contributed by atoms with Gasteiger partial charge in [-0.05, 0) is 88.4 Å². The van der Waals surface area contributed by atoms with Crippen LogP contribution in [0.25, 0.3) is 11.3 Å². The van der Waals surface area contributed by atoms with Gasteiger partial charge in [0.15, 0.2) is 0 Å². The minimum Gasteiger partial charge on any atom is -0.475 e. The molecule has 2 aliphatic rings. The van der Waals surface area contributed by atoms with Gasteiger partial charge in [-0.1, -0.05) is 38.1 Å². The van der Waals surface area contributed by atoms with Crippen molar-refractivity contribution in [1.29, 1.82) is 0 Å². The molecule has 1 aliphatic heterocycles. The summed E-state index contributed by atoms with van der Waals surface area (Å²) in [5.41, 5.74) is 3.81. The maximum Gasteiger partial charge on any atom is 0.264 e. The van der Waals surface area contributed by atoms with Crippen LogP contribution in [0.5, 0.6) is 5.88 Å². The van der Waals surface area contributed by atoms with Crippen molar-refractivity contribution in [2.24, 2.45) is 11.8 Å². The second-order valence-electron chi connectivity index (χ2n) is 12.4. The topological polar surface area (TPSA) is 105 Å². The first kappa shape index (κ1) is 30.0. The van der Waals surface area contributed by atoms with Crippen LogP contribution in [-0.2, 0) is 10.0 Å². The van der Waals surface area contributed by atoms with Crippen molar-refractivity contribution in [1.82, 2.24) is 19.8 Å². The minimum atomic E-state index is -4.09. The van der Waals surface area contributed by atoms with Gasteiger partial charge in [0.2, 0.25) is 11.8 Å². The fourth-order valence-electron chi connectivity index (χ4n) is 6.23. The number of sulfonamides is 1. The van der Waals surface area contributed by atoms with Crippen molar-refractivity contribution >= 4 is 21.9 Å². The van der Waals surface area contributed by atoms with Gasteiger partial charge in [0.05, 0.1) is 16.6 Å². The van der Waals surface area contributed by atoms with Gasteiger partial charge in [0, 0.05) is 29.8 Å². The van der Waals surface area contributed by atoms with Crippen LogP contribution >= 0.6 is 0 Å². The normalized spacial score (nSPS) is 22.0. The largest absolute Gasteiger partial charge is 0.475 e. The maximum absolute atomic E-state index is 14.2. The molecule has 3 aromatic rings. The molecule has 1 N–H and O–H groups in total. The first-order chi connectivity index (χ1) is 19.9. The van der Waals surface area contributed by atoms with Gasteiger partial charge < -0.3 is 14.5 Å². The van der Waals surface area contributed by atoms with E-state index in [0.29, 0.717) is 23.1 Å². The van der Waals surface area contributed by atoms with Crippen LogP contribution in [0.4, 0.5) is 5.95 Å². The summed E-state index contributed by atoms with van der Waals surface area (Å²) >= 11 is 0. The number of amides is 1. The molecule has 2 heterocycles. The molecule has 0 saturated heterocycles. The number of nitrogens with zero attached hydrogens (tertiary/aromatic N) is 4. The Labute approximate surface area is 249 Å². The molecule has 2 aromatic carbocycles. The fraction of sp³-hybridized carbons (Fsp3) is 0.469. The van der Waals surface area contributed by atoms with E-state index in [2.05, 4.69) is 47.5 Å². The summed E-state index contributed by atoms with van der Waals surface area (Å²) in [6, 6.07) is 13.8. The Balaban J connectivity index is 1.62. The van der Waals surface area contributed by atoms with Gasteiger partial charge in [-0.3, -0.25) is 4.79 Å². The summed E-state index contributed by atoms with van der Waals surface area (Å²) in [5, 5.41) is 0. The predicted octanol–water partition coefficient (Wildman–Crippen LogP) is 5.15. The number of fused-ring (bicyclic) bond motifs is 4. The summed E-state index contributed by atoms with van der Waals surface area (Å²) in [6.45, 7) is 9.46. The lowest BCUT2D eigenvalue weighted by Crippen LogP contribution is -2.56. The van der Waals surface area contributed by atoms with E-state index in [0.717, 1.165) is 42.5 Å². The number of rotatable bonds is 6. The number of benzene rings is 2. The molecule has 0 spiro atoms. The molecule has 0 radical (unpaired) electrons. The van der Waals surface area contributed by atoms with Crippen molar-refractivity contribution < 1.29 is 17.9 Å². The van der Waals surface area contributed by atoms with Crippen molar-refractivity contribution in [3.05, 3.63) is 65.2 Å². The van der Waals surface area contributed by atoms with Gasteiger partial charge in [-0.25, -0.2) is 18.1 Å². The minimum absolute atomic E-state index is 0.0180. The van der Waals surface area contributed by atoms with Gasteiger partial charge >= 0.3 is 0 Å². The highest BCUT2D eigenvalue weighted by Gasteiger charge is 2.40. The molecule has 1 aromatic heterocycles. The zero-order chi connectivity index (χ0) is 30.2. The molecule has 1 atom stereocenters. The molecular weight excluding hydrogens is 550 g/mol. The van der Waals surface area contributed by atoms with E-state index in [4.69, 9.17) is 4.74 Å². The highest BCUT2D eigenvalue weighted by Crippen LogP contribution is 2.36. The third-order valence-corrected chi connectivity index (χ3v) is 9.41. The van der Waals surface area contributed by atoms with Gasteiger partial charge in [-0.2, -0.15) is 4.98 Å². The number of hydrogen-bond donors (Lipinski definition) is 1. The number of carbonyl (C=O) groups excluding carboxylic acids is 1. The standard InChI is InChI=1S/C32H41N5O4S/c1-20(2)13-26-19-41-29-17-28(30-21(3)9-7-10-22(30)4)33-32(34-29)35-42(39,40)27-12-8-11-24(16-27)31(38)37(26)25-14-23(15-25)18-36(5)6/h7-12,16-17,20,23,25-26H,13-15,18-19H2,1-6H3,(H,33,34,35)/t23?,25?,26-/m1/s1. The summed E-state index contributed by atoms with van der Waals surface area (Å²) in [6.07, 6.45) is 2.53. The molecule has 224 valence electrons. The van der Waals surface area contributed by atoms with E-state index in [1.165, 1.54) is 12.1 Å². The molecule has 10 heteroatoms. The highest BCUT2D eigenvalue weighted by atomic mass is 32.2. The molecule has 1 aliphatic carbocycles. The van der Waals surface area contributed by atoms with Crippen LogP contribution < -0.4 is 9.46 Å². The molecule has 0 unspecified atom stereocenters. The van der Waals surface area contributed by atoms with Crippen molar-refractivity contribution in [3.63, 3.8) is 0 Å². The lowest BCUT2D eigenvalue weighted by atomic mass is 9.77. The maximum atomic E-state index is 14.2. The first-order valence-corrected chi connectivity index (χ1v) is 16.1. The third-order valence-electron chi connectivity index (χ3n) is 8.08. The third kappa shape index (κ3) is 6.44. The Bertz CT molecular complexity index is 1550. The van der Waals surface area contributed by atoms with Crippen molar-refractivity contribution in [2.75, 3.05) is 32.0 Å². The summed E-state index contributed by atoms with van der Waals surface area (Å²) in [5.74, 6) is 0.809. The summed E-state index contributed by atoms with van der Waals surface area (Å²) in [7, 11) is 0.0382. The second kappa shape index (κ2) is 12.0. The predicted molar refractivity (Wildman–Crippen MR) is 164 cm³/mol. The zero-order valence-electron chi connectivity index (χ0n) is 25.3.